The molecule has 3 aromatic rings. The summed E-state index contributed by atoms with van der Waals surface area (Å²) in [5, 5.41) is 4.07. The Morgan fingerprint density at radius 3 is 2.69 bits per heavy atom. The van der Waals surface area contributed by atoms with Crippen LogP contribution in [0.3, 0.4) is 0 Å². The smallest absolute Gasteiger partial charge is 0.407 e. The summed E-state index contributed by atoms with van der Waals surface area (Å²) in [6.45, 7) is 8.22. The summed E-state index contributed by atoms with van der Waals surface area (Å²) in [5.41, 5.74) is 4.20. The molecule has 0 aliphatic rings. The van der Waals surface area contributed by atoms with E-state index in [1.807, 2.05) is 39.1 Å². The van der Waals surface area contributed by atoms with Crippen LogP contribution in [0.1, 0.15) is 50.3 Å². The monoisotopic (exact) mass is 350 g/mol. The van der Waals surface area contributed by atoms with Crippen molar-refractivity contribution < 1.29 is 9.53 Å². The molecular weight excluding hydrogens is 324 g/mol. The van der Waals surface area contributed by atoms with E-state index in [1.165, 1.54) is 16.5 Å². The third-order valence-electron chi connectivity index (χ3n) is 4.42. The Morgan fingerprint density at radius 2 is 1.92 bits per heavy atom. The molecule has 1 atom stereocenters. The molecule has 4 heteroatoms. The van der Waals surface area contributed by atoms with Gasteiger partial charge in [0.15, 0.2) is 0 Å². The highest BCUT2D eigenvalue weighted by molar-refractivity contribution is 5.80. The minimum atomic E-state index is -0.497. The van der Waals surface area contributed by atoms with Gasteiger partial charge in [0.2, 0.25) is 0 Å². The molecule has 0 saturated carbocycles. The minimum absolute atomic E-state index is 0.228. The number of nitrogens with one attached hydrogen (secondary N) is 2. The van der Waals surface area contributed by atoms with Crippen molar-refractivity contribution in [2.45, 2.75) is 45.8 Å². The first-order chi connectivity index (χ1) is 12.3. The molecule has 0 aliphatic heterocycles. The molecule has 2 N–H and O–H groups in total. The molecular formula is C22H26N2O2. The maximum atomic E-state index is 12.0. The van der Waals surface area contributed by atoms with Crippen LogP contribution < -0.4 is 5.32 Å². The lowest BCUT2D eigenvalue weighted by Gasteiger charge is -2.21. The Hall–Kier alpha value is -2.75. The fourth-order valence-electron chi connectivity index (χ4n) is 3.12. The number of aromatic amines is 1. The number of H-pyrrole nitrogens is 1. The average Bonchev–Trinajstić information content (AvgIpc) is 3.06. The van der Waals surface area contributed by atoms with Gasteiger partial charge < -0.3 is 15.0 Å². The SMILES string of the molecule is CC(c1ccc2[nH]ccc2c1)c1ccccc1CNC(=O)OC(C)(C)C. The number of benzene rings is 2. The van der Waals surface area contributed by atoms with Gasteiger partial charge in [0.1, 0.15) is 5.60 Å². The van der Waals surface area contributed by atoms with Gasteiger partial charge in [-0.25, -0.2) is 4.79 Å². The average molecular weight is 350 g/mol. The summed E-state index contributed by atoms with van der Waals surface area (Å²) >= 11 is 0. The molecule has 0 aliphatic carbocycles. The number of carbonyl (C=O) groups excluding carboxylic acids is 1. The van der Waals surface area contributed by atoms with Crippen molar-refractivity contribution in [3.05, 3.63) is 71.4 Å². The topological polar surface area (TPSA) is 54.1 Å². The molecule has 0 spiro atoms. The van der Waals surface area contributed by atoms with Crippen molar-refractivity contribution in [1.82, 2.24) is 10.3 Å². The Morgan fingerprint density at radius 1 is 1.15 bits per heavy atom. The number of hydrogen-bond donors (Lipinski definition) is 2. The van der Waals surface area contributed by atoms with Crippen molar-refractivity contribution in [1.29, 1.82) is 0 Å². The highest BCUT2D eigenvalue weighted by atomic mass is 16.6. The number of hydrogen-bond acceptors (Lipinski definition) is 2. The van der Waals surface area contributed by atoms with Crippen LogP contribution in [0, 0.1) is 0 Å². The first-order valence-corrected chi connectivity index (χ1v) is 8.95. The molecule has 1 heterocycles. The van der Waals surface area contributed by atoms with E-state index in [9.17, 15) is 4.79 Å². The lowest BCUT2D eigenvalue weighted by Crippen LogP contribution is -2.32. The molecule has 4 nitrogen and oxygen atoms in total. The quantitative estimate of drug-likeness (QED) is 0.667. The molecule has 0 fully saturated rings. The van der Waals surface area contributed by atoms with Gasteiger partial charge in [0.05, 0.1) is 0 Å². The molecule has 2 aromatic carbocycles. The Labute approximate surface area is 154 Å². The van der Waals surface area contributed by atoms with E-state index < -0.39 is 11.7 Å². The minimum Gasteiger partial charge on any atom is -0.444 e. The van der Waals surface area contributed by atoms with Gasteiger partial charge in [0.25, 0.3) is 0 Å². The number of carbonyl (C=O) groups is 1. The normalized spacial score (nSPS) is 12.8. The van der Waals surface area contributed by atoms with E-state index in [-0.39, 0.29) is 5.92 Å². The van der Waals surface area contributed by atoms with Gasteiger partial charge in [-0.1, -0.05) is 37.3 Å². The first kappa shape index (κ1) is 18.1. The summed E-state index contributed by atoms with van der Waals surface area (Å²) in [7, 11) is 0. The largest absolute Gasteiger partial charge is 0.444 e. The second-order valence-electron chi connectivity index (χ2n) is 7.60. The summed E-state index contributed by atoms with van der Waals surface area (Å²) in [4.78, 5) is 15.2. The fraction of sp³-hybridized carbons (Fsp3) is 0.318. The molecule has 1 unspecified atom stereocenters. The van der Waals surface area contributed by atoms with Crippen LogP contribution >= 0.6 is 0 Å². The molecule has 0 saturated heterocycles. The lowest BCUT2D eigenvalue weighted by atomic mass is 9.89. The van der Waals surface area contributed by atoms with Crippen LogP contribution in [-0.4, -0.2) is 16.7 Å². The molecule has 3 rings (SSSR count). The van der Waals surface area contributed by atoms with E-state index in [1.54, 1.807) is 0 Å². The molecule has 26 heavy (non-hydrogen) atoms. The van der Waals surface area contributed by atoms with Crippen LogP contribution in [0.15, 0.2) is 54.7 Å². The summed E-state index contributed by atoms with van der Waals surface area (Å²) in [5.74, 6) is 0.228. The van der Waals surface area contributed by atoms with Gasteiger partial charge in [-0.05, 0) is 61.0 Å². The van der Waals surface area contributed by atoms with E-state index in [4.69, 9.17) is 4.74 Å². The van der Waals surface area contributed by atoms with Crippen molar-refractivity contribution in [2.75, 3.05) is 0 Å². The zero-order chi connectivity index (χ0) is 18.7. The zero-order valence-corrected chi connectivity index (χ0v) is 15.8. The van der Waals surface area contributed by atoms with E-state index in [2.05, 4.69) is 53.6 Å². The van der Waals surface area contributed by atoms with E-state index in [0.717, 1.165) is 11.1 Å². The highest BCUT2D eigenvalue weighted by Crippen LogP contribution is 2.29. The predicted octanol–water partition coefficient (Wildman–Crippen LogP) is 5.34. The van der Waals surface area contributed by atoms with Gasteiger partial charge in [-0.2, -0.15) is 0 Å². The molecule has 0 radical (unpaired) electrons. The van der Waals surface area contributed by atoms with Crippen LogP contribution in [-0.2, 0) is 11.3 Å². The van der Waals surface area contributed by atoms with Crippen LogP contribution in [0.4, 0.5) is 4.79 Å². The lowest BCUT2D eigenvalue weighted by molar-refractivity contribution is 0.0523. The highest BCUT2D eigenvalue weighted by Gasteiger charge is 2.17. The summed E-state index contributed by atoms with van der Waals surface area (Å²) < 4.78 is 5.33. The Bertz CT molecular complexity index is 906. The number of alkyl carbamates (subject to hydrolysis) is 1. The zero-order valence-electron chi connectivity index (χ0n) is 15.8. The number of amides is 1. The standard InChI is InChI=1S/C22H26N2O2/c1-15(16-9-10-20-17(13-16)11-12-23-20)19-8-6-5-7-18(19)14-24-21(25)26-22(2,3)4/h5-13,15,23H,14H2,1-4H3,(H,24,25). The van der Waals surface area contributed by atoms with Gasteiger partial charge in [-0.15, -0.1) is 0 Å². The van der Waals surface area contributed by atoms with Gasteiger partial charge in [0, 0.05) is 24.2 Å². The van der Waals surface area contributed by atoms with Gasteiger partial charge in [-0.3, -0.25) is 0 Å². The number of rotatable bonds is 4. The van der Waals surface area contributed by atoms with E-state index in [0.29, 0.717) is 6.54 Å². The summed E-state index contributed by atoms with van der Waals surface area (Å²) in [6.07, 6.45) is 1.56. The van der Waals surface area contributed by atoms with Crippen molar-refractivity contribution in [3.63, 3.8) is 0 Å². The number of fused-ring (bicyclic) bond motifs is 1. The van der Waals surface area contributed by atoms with Crippen LogP contribution in [0.25, 0.3) is 10.9 Å². The Kier molecular flexibility index (Phi) is 5.03. The summed E-state index contributed by atoms with van der Waals surface area (Å²) in [6, 6.07) is 16.8. The second-order valence-corrected chi connectivity index (χ2v) is 7.60. The Balaban J connectivity index is 1.78. The van der Waals surface area contributed by atoms with Crippen LogP contribution in [0.2, 0.25) is 0 Å². The molecule has 1 amide bonds. The maximum Gasteiger partial charge on any atom is 0.407 e. The molecule has 1 aromatic heterocycles. The van der Waals surface area contributed by atoms with Crippen molar-refractivity contribution in [3.8, 4) is 0 Å². The number of aromatic nitrogens is 1. The van der Waals surface area contributed by atoms with Crippen molar-refractivity contribution in [2.24, 2.45) is 0 Å². The maximum absolute atomic E-state index is 12.0. The van der Waals surface area contributed by atoms with E-state index >= 15 is 0 Å². The number of ether oxygens (including phenoxy) is 1. The molecule has 0 bridgehead atoms. The first-order valence-electron chi connectivity index (χ1n) is 8.95. The third kappa shape index (κ3) is 4.26. The van der Waals surface area contributed by atoms with Gasteiger partial charge >= 0.3 is 6.09 Å². The van der Waals surface area contributed by atoms with Crippen LogP contribution in [0.5, 0.6) is 0 Å². The fourth-order valence-corrected chi connectivity index (χ4v) is 3.12. The predicted molar refractivity (Wildman–Crippen MR) is 105 cm³/mol. The van der Waals surface area contributed by atoms with Crippen molar-refractivity contribution >= 4 is 17.0 Å². The molecule has 136 valence electrons. The second kappa shape index (κ2) is 7.24. The third-order valence-corrected chi connectivity index (χ3v) is 4.42.